The molecule has 0 aliphatic carbocycles. The lowest BCUT2D eigenvalue weighted by Crippen LogP contribution is -2.49. The number of rotatable bonds is 12. The van der Waals surface area contributed by atoms with Gasteiger partial charge in [0, 0.05) is 89.8 Å². The summed E-state index contributed by atoms with van der Waals surface area (Å²) in [5.41, 5.74) is 3.75. The molecule has 2 amide bonds. The van der Waals surface area contributed by atoms with Crippen molar-refractivity contribution < 1.29 is 19.1 Å². The predicted molar refractivity (Wildman–Crippen MR) is 194 cm³/mol. The molecule has 5 heterocycles. The zero-order valence-electron chi connectivity index (χ0n) is 30.7. The van der Waals surface area contributed by atoms with Crippen molar-refractivity contribution in [1.82, 2.24) is 39.8 Å². The summed E-state index contributed by atoms with van der Waals surface area (Å²) in [6.45, 7) is 17.3. The number of fused-ring (bicyclic) bond motifs is 1. The Hall–Kier alpha value is -4.36. The molecule has 3 aliphatic rings. The maximum absolute atomic E-state index is 13.3. The van der Waals surface area contributed by atoms with Gasteiger partial charge >= 0.3 is 6.09 Å². The van der Waals surface area contributed by atoms with E-state index in [-0.39, 0.29) is 12.0 Å². The summed E-state index contributed by atoms with van der Waals surface area (Å²) < 4.78 is 11.8. The van der Waals surface area contributed by atoms with Gasteiger partial charge in [0.05, 0.1) is 24.1 Å². The summed E-state index contributed by atoms with van der Waals surface area (Å²) in [6.07, 6.45) is 8.68. The van der Waals surface area contributed by atoms with Crippen molar-refractivity contribution in [1.29, 1.82) is 0 Å². The second-order valence-electron chi connectivity index (χ2n) is 15.0. The molecule has 0 atom stereocenters. The first-order chi connectivity index (χ1) is 24.6. The fraction of sp³-hybridized carbons (Fsp3) is 0.579. The number of amides is 2. The van der Waals surface area contributed by atoms with Crippen molar-refractivity contribution >= 4 is 17.7 Å². The van der Waals surface area contributed by atoms with Crippen LogP contribution in [0.3, 0.4) is 0 Å². The van der Waals surface area contributed by atoms with Gasteiger partial charge in [0.25, 0.3) is 0 Å². The van der Waals surface area contributed by atoms with Gasteiger partial charge < -0.3 is 24.2 Å². The van der Waals surface area contributed by atoms with Crippen LogP contribution < -0.4 is 9.64 Å². The average molecular weight is 700 g/mol. The molecular weight excluding hydrogens is 646 g/mol. The Kier molecular flexibility index (Phi) is 12.0. The number of nitrogens with zero attached hydrogens (tertiary/aromatic N) is 9. The van der Waals surface area contributed by atoms with E-state index in [2.05, 4.69) is 47.9 Å². The van der Waals surface area contributed by atoms with Crippen LogP contribution in [0, 0.1) is 5.92 Å². The molecule has 3 aliphatic heterocycles. The number of benzene rings is 1. The fourth-order valence-corrected chi connectivity index (χ4v) is 7.09. The molecule has 0 spiro atoms. The number of anilines is 1. The Morgan fingerprint density at radius 3 is 2.51 bits per heavy atom. The Bertz CT molecular complexity index is 1590. The van der Waals surface area contributed by atoms with E-state index in [1.807, 2.05) is 61.0 Å². The lowest BCUT2D eigenvalue weighted by molar-refractivity contribution is -0.132. The molecule has 0 N–H and O–H groups in total. The maximum atomic E-state index is 13.3. The molecule has 274 valence electrons. The molecule has 0 unspecified atom stereocenters. The first-order valence-electron chi connectivity index (χ1n) is 18.4. The Morgan fingerprint density at radius 2 is 1.76 bits per heavy atom. The monoisotopic (exact) mass is 699 g/mol. The molecule has 0 bridgehead atoms. The minimum atomic E-state index is -0.462. The van der Waals surface area contributed by atoms with Gasteiger partial charge in [-0.3, -0.25) is 14.6 Å². The smallest absolute Gasteiger partial charge is 0.410 e. The Labute approximate surface area is 301 Å². The summed E-state index contributed by atoms with van der Waals surface area (Å²) in [5, 5.41) is 8.52. The second kappa shape index (κ2) is 16.8. The third kappa shape index (κ3) is 10.4. The molecule has 13 nitrogen and oxygen atoms in total. The highest BCUT2D eigenvalue weighted by molar-refractivity contribution is 5.78. The summed E-state index contributed by atoms with van der Waals surface area (Å²) in [4.78, 5) is 45.0. The van der Waals surface area contributed by atoms with Crippen molar-refractivity contribution in [3.05, 3.63) is 65.9 Å². The van der Waals surface area contributed by atoms with Gasteiger partial charge in [-0.1, -0.05) is 19.1 Å². The molecule has 1 aromatic carbocycles. The normalized spacial score (nSPS) is 17.3. The highest BCUT2D eigenvalue weighted by Crippen LogP contribution is 2.26. The summed E-state index contributed by atoms with van der Waals surface area (Å²) in [6, 6.07) is 9.97. The molecule has 6 rings (SSSR count). The van der Waals surface area contributed by atoms with Crippen LogP contribution in [-0.4, -0.2) is 123 Å². The number of aromatic nitrogens is 4. The number of likely N-dealkylation sites (tertiary alicyclic amines) is 1. The molecular formula is C38H53N9O4. The second-order valence-corrected chi connectivity index (χ2v) is 15.0. The van der Waals surface area contributed by atoms with E-state index in [0.29, 0.717) is 43.7 Å². The van der Waals surface area contributed by atoms with Crippen molar-refractivity contribution in [3.8, 4) is 11.6 Å². The van der Waals surface area contributed by atoms with Crippen molar-refractivity contribution in [3.63, 3.8) is 0 Å². The van der Waals surface area contributed by atoms with E-state index in [1.54, 1.807) is 12.5 Å². The van der Waals surface area contributed by atoms with Gasteiger partial charge in [-0.2, -0.15) is 5.10 Å². The van der Waals surface area contributed by atoms with Gasteiger partial charge in [-0.15, -0.1) is 5.10 Å². The molecule has 2 aromatic heterocycles. The Morgan fingerprint density at radius 1 is 0.961 bits per heavy atom. The van der Waals surface area contributed by atoms with E-state index < -0.39 is 5.60 Å². The largest absolute Gasteiger partial charge is 0.444 e. The quantitative estimate of drug-likeness (QED) is 0.263. The number of hydrogen-bond acceptors (Lipinski definition) is 11. The van der Waals surface area contributed by atoms with Crippen LogP contribution in [0.15, 0.2) is 49.1 Å². The molecule has 0 radical (unpaired) electrons. The minimum Gasteiger partial charge on any atom is -0.444 e. The van der Waals surface area contributed by atoms with Gasteiger partial charge in [-0.25, -0.2) is 14.8 Å². The standard InChI is InChI=1S/C38H53N9O4/c1-5-12-46(36(48)27-44-25-31-22-39-28-40-34(31)26-44)13-9-29-7-6-8-33(20-29)50-35-21-32(23-41-42-35)45-18-16-43(17-19-45)24-30-10-14-47(15-11-30)37(49)51-38(2,3)4/h6-8,20-23,28,30H,5,9-19,24-27H2,1-4H3. The number of carbonyl (C=O) groups excluding carboxylic acids is 2. The van der Waals surface area contributed by atoms with Crippen LogP contribution in [-0.2, 0) is 29.0 Å². The van der Waals surface area contributed by atoms with Crippen LogP contribution in [0.2, 0.25) is 0 Å². The van der Waals surface area contributed by atoms with Crippen LogP contribution in [0.25, 0.3) is 0 Å². The SMILES string of the molecule is CCCN(CCc1cccc(Oc2cc(N3CCN(CC4CCN(C(=O)OC(C)(C)C)CC4)CC3)cnn2)c1)C(=O)CN1Cc2cncnc2C1. The molecule has 13 heteroatoms. The van der Waals surface area contributed by atoms with Gasteiger partial charge in [0.2, 0.25) is 11.8 Å². The lowest BCUT2D eigenvalue weighted by Gasteiger charge is -2.39. The zero-order chi connectivity index (χ0) is 35.8. The minimum absolute atomic E-state index is 0.138. The first-order valence-corrected chi connectivity index (χ1v) is 18.4. The van der Waals surface area contributed by atoms with Crippen LogP contribution in [0.5, 0.6) is 11.6 Å². The third-order valence-electron chi connectivity index (χ3n) is 9.78. The summed E-state index contributed by atoms with van der Waals surface area (Å²) in [5.74, 6) is 1.89. The van der Waals surface area contributed by atoms with E-state index in [4.69, 9.17) is 9.47 Å². The van der Waals surface area contributed by atoms with Crippen molar-refractivity contribution in [2.75, 3.05) is 70.3 Å². The van der Waals surface area contributed by atoms with Crippen LogP contribution in [0.4, 0.5) is 10.5 Å². The van der Waals surface area contributed by atoms with Crippen LogP contribution >= 0.6 is 0 Å². The molecule has 51 heavy (non-hydrogen) atoms. The zero-order valence-corrected chi connectivity index (χ0v) is 30.7. The predicted octanol–water partition coefficient (Wildman–Crippen LogP) is 4.62. The fourth-order valence-electron chi connectivity index (χ4n) is 7.09. The van der Waals surface area contributed by atoms with Crippen molar-refractivity contribution in [2.24, 2.45) is 5.92 Å². The highest BCUT2D eigenvalue weighted by Gasteiger charge is 2.29. The molecule has 0 saturated carbocycles. The lowest BCUT2D eigenvalue weighted by atomic mass is 9.96. The average Bonchev–Trinajstić information content (AvgIpc) is 3.52. The molecule has 2 fully saturated rings. The molecule has 3 aromatic rings. The number of piperidine rings is 1. The number of ether oxygens (including phenoxy) is 2. The van der Waals surface area contributed by atoms with Gasteiger partial charge in [0.15, 0.2) is 0 Å². The number of carbonyl (C=O) groups is 2. The maximum Gasteiger partial charge on any atom is 0.410 e. The Balaban J connectivity index is 0.949. The van der Waals surface area contributed by atoms with Gasteiger partial charge in [-0.05, 0) is 70.1 Å². The van der Waals surface area contributed by atoms with Gasteiger partial charge in [0.1, 0.15) is 17.7 Å². The topological polar surface area (TPSA) is 120 Å². The van der Waals surface area contributed by atoms with Crippen LogP contribution in [0.1, 0.15) is 63.8 Å². The highest BCUT2D eigenvalue weighted by atomic mass is 16.6. The van der Waals surface area contributed by atoms with E-state index in [1.165, 1.54) is 0 Å². The first kappa shape index (κ1) is 36.4. The summed E-state index contributed by atoms with van der Waals surface area (Å²) >= 11 is 0. The third-order valence-corrected chi connectivity index (χ3v) is 9.78. The number of piperazine rings is 1. The van der Waals surface area contributed by atoms with E-state index in [0.717, 1.165) is 101 Å². The number of hydrogen-bond donors (Lipinski definition) is 0. The van der Waals surface area contributed by atoms with E-state index in [9.17, 15) is 9.59 Å². The van der Waals surface area contributed by atoms with E-state index >= 15 is 0 Å². The van der Waals surface area contributed by atoms with Crippen molar-refractivity contribution in [2.45, 2.75) is 72.1 Å². The molecule has 2 saturated heterocycles. The summed E-state index contributed by atoms with van der Waals surface area (Å²) in [7, 11) is 0.